The van der Waals surface area contributed by atoms with Crippen LogP contribution in [-0.4, -0.2) is 61.5 Å². The van der Waals surface area contributed by atoms with Gasteiger partial charge in [0.2, 0.25) is 5.91 Å². The van der Waals surface area contributed by atoms with Gasteiger partial charge in [0.1, 0.15) is 4.21 Å². The summed E-state index contributed by atoms with van der Waals surface area (Å²) < 4.78 is 27.0. The molecule has 150 valence electrons. The summed E-state index contributed by atoms with van der Waals surface area (Å²) in [7, 11) is -3.45. The lowest BCUT2D eigenvalue weighted by molar-refractivity contribution is -0.121. The Morgan fingerprint density at radius 1 is 1.07 bits per heavy atom. The minimum absolute atomic E-state index is 0.0263. The maximum atomic E-state index is 12.6. The molecule has 0 saturated carbocycles. The number of Topliss-reactive ketones (excluding diaryl/α,β-unsaturated/α-hetero) is 1. The molecule has 9 heteroatoms. The van der Waals surface area contributed by atoms with Crippen LogP contribution in [0.1, 0.15) is 24.2 Å². The van der Waals surface area contributed by atoms with Gasteiger partial charge in [-0.15, -0.1) is 11.3 Å². The molecule has 2 aromatic rings. The molecule has 3 rings (SSSR count). The molecule has 1 aliphatic rings. The zero-order valence-electron chi connectivity index (χ0n) is 15.8. The summed E-state index contributed by atoms with van der Waals surface area (Å²) in [6.07, 6.45) is 0. The van der Waals surface area contributed by atoms with Crippen LogP contribution >= 0.6 is 11.3 Å². The van der Waals surface area contributed by atoms with E-state index >= 15 is 0 Å². The van der Waals surface area contributed by atoms with Crippen LogP contribution < -0.4 is 5.32 Å². The number of piperazine rings is 1. The fraction of sp³-hybridized carbons (Fsp3) is 0.368. The Hall–Kier alpha value is -2.07. The van der Waals surface area contributed by atoms with Crippen LogP contribution in [0.4, 0.5) is 5.69 Å². The van der Waals surface area contributed by atoms with E-state index in [9.17, 15) is 18.0 Å². The predicted molar refractivity (Wildman–Crippen MR) is 109 cm³/mol. The number of ketones is 1. The molecule has 0 spiro atoms. The van der Waals surface area contributed by atoms with Gasteiger partial charge in [0, 0.05) is 37.4 Å². The topological polar surface area (TPSA) is 86.8 Å². The number of carbonyl (C=O) groups excluding carboxylic acids is 2. The van der Waals surface area contributed by atoms with E-state index in [0.29, 0.717) is 41.6 Å². The minimum atomic E-state index is -3.45. The number of amides is 1. The zero-order chi connectivity index (χ0) is 20.3. The molecule has 0 aliphatic carbocycles. The Morgan fingerprint density at radius 3 is 2.25 bits per heavy atom. The lowest BCUT2D eigenvalue weighted by Crippen LogP contribution is -2.53. The first-order chi connectivity index (χ1) is 13.3. The summed E-state index contributed by atoms with van der Waals surface area (Å²) in [5.41, 5.74) is 1.22. The molecule has 28 heavy (non-hydrogen) atoms. The van der Waals surface area contributed by atoms with Crippen molar-refractivity contribution in [1.29, 1.82) is 0 Å². The molecule has 1 aromatic heterocycles. The number of hydrogen-bond acceptors (Lipinski definition) is 6. The third-order valence-corrected chi connectivity index (χ3v) is 8.12. The van der Waals surface area contributed by atoms with Crippen molar-refractivity contribution in [2.24, 2.45) is 0 Å². The van der Waals surface area contributed by atoms with E-state index in [1.807, 2.05) is 11.8 Å². The van der Waals surface area contributed by atoms with Crippen molar-refractivity contribution in [1.82, 2.24) is 9.21 Å². The summed E-state index contributed by atoms with van der Waals surface area (Å²) >= 11 is 1.21. The monoisotopic (exact) mass is 421 g/mol. The number of carbonyl (C=O) groups is 2. The Morgan fingerprint density at radius 2 is 1.71 bits per heavy atom. The number of nitrogens with zero attached hydrogens (tertiary/aromatic N) is 2. The summed E-state index contributed by atoms with van der Waals surface area (Å²) in [5.74, 6) is -0.188. The normalized spacial score (nSPS) is 17.2. The molecule has 1 amide bonds. The Kier molecular flexibility index (Phi) is 6.29. The first-order valence-electron chi connectivity index (χ1n) is 8.98. The first kappa shape index (κ1) is 20.7. The highest BCUT2D eigenvalue weighted by atomic mass is 32.2. The number of anilines is 1. The second kappa shape index (κ2) is 8.52. The van der Waals surface area contributed by atoms with Gasteiger partial charge in [-0.05, 0) is 49.6 Å². The molecular formula is C19H23N3O4S2. The van der Waals surface area contributed by atoms with E-state index < -0.39 is 10.0 Å². The Balaban J connectivity index is 1.56. The van der Waals surface area contributed by atoms with Gasteiger partial charge in [0.05, 0.1) is 6.04 Å². The molecule has 1 aromatic carbocycles. The van der Waals surface area contributed by atoms with Crippen molar-refractivity contribution < 1.29 is 18.0 Å². The van der Waals surface area contributed by atoms with Gasteiger partial charge < -0.3 is 5.32 Å². The van der Waals surface area contributed by atoms with Crippen LogP contribution in [-0.2, 0) is 14.8 Å². The maximum absolute atomic E-state index is 12.6. The van der Waals surface area contributed by atoms with Crippen LogP contribution in [0, 0.1) is 0 Å². The molecule has 1 N–H and O–H groups in total. The average molecular weight is 422 g/mol. The third-order valence-electron chi connectivity index (χ3n) is 4.85. The van der Waals surface area contributed by atoms with Crippen molar-refractivity contribution in [3.8, 4) is 0 Å². The van der Waals surface area contributed by atoms with Crippen LogP contribution in [0.3, 0.4) is 0 Å². The van der Waals surface area contributed by atoms with E-state index in [1.165, 1.54) is 22.6 Å². The van der Waals surface area contributed by atoms with Gasteiger partial charge in [-0.1, -0.05) is 6.07 Å². The first-order valence-corrected chi connectivity index (χ1v) is 11.3. The van der Waals surface area contributed by atoms with E-state index in [4.69, 9.17) is 0 Å². The van der Waals surface area contributed by atoms with Crippen LogP contribution in [0.25, 0.3) is 0 Å². The van der Waals surface area contributed by atoms with Crippen LogP contribution in [0.15, 0.2) is 46.0 Å². The van der Waals surface area contributed by atoms with Gasteiger partial charge >= 0.3 is 0 Å². The van der Waals surface area contributed by atoms with Gasteiger partial charge in [-0.2, -0.15) is 4.31 Å². The summed E-state index contributed by atoms with van der Waals surface area (Å²) in [5, 5.41) is 4.60. The molecule has 0 bridgehead atoms. The lowest BCUT2D eigenvalue weighted by Gasteiger charge is -2.36. The SMILES string of the molecule is CC(=O)c1ccc(NC(=O)[C@@H](C)N2CCN(S(=O)(=O)c3cccs3)CC2)cc1. The highest BCUT2D eigenvalue weighted by Gasteiger charge is 2.32. The summed E-state index contributed by atoms with van der Waals surface area (Å²) in [6, 6.07) is 9.70. The van der Waals surface area contributed by atoms with E-state index in [2.05, 4.69) is 5.32 Å². The smallest absolute Gasteiger partial charge is 0.252 e. The molecule has 1 saturated heterocycles. The second-order valence-electron chi connectivity index (χ2n) is 6.67. The van der Waals surface area contributed by atoms with Gasteiger partial charge in [-0.3, -0.25) is 14.5 Å². The number of hydrogen-bond donors (Lipinski definition) is 1. The molecule has 1 fully saturated rings. The van der Waals surface area contributed by atoms with E-state index in [1.54, 1.807) is 41.8 Å². The minimum Gasteiger partial charge on any atom is -0.325 e. The fourth-order valence-corrected chi connectivity index (χ4v) is 5.64. The zero-order valence-corrected chi connectivity index (χ0v) is 17.4. The highest BCUT2D eigenvalue weighted by molar-refractivity contribution is 7.91. The van der Waals surface area contributed by atoms with Crippen molar-refractivity contribution >= 4 is 38.7 Å². The summed E-state index contributed by atoms with van der Waals surface area (Å²) in [4.78, 5) is 25.8. The molecule has 2 heterocycles. The van der Waals surface area contributed by atoms with Crippen LogP contribution in [0.2, 0.25) is 0 Å². The van der Waals surface area contributed by atoms with E-state index in [0.717, 1.165) is 0 Å². The molecule has 0 unspecified atom stereocenters. The number of rotatable bonds is 6. The number of sulfonamides is 1. The van der Waals surface area contributed by atoms with Crippen molar-refractivity contribution in [3.63, 3.8) is 0 Å². The second-order valence-corrected chi connectivity index (χ2v) is 9.78. The fourth-order valence-electron chi connectivity index (χ4n) is 3.07. The number of nitrogens with one attached hydrogen (secondary N) is 1. The number of thiophene rings is 1. The van der Waals surface area contributed by atoms with Crippen molar-refractivity contribution in [2.45, 2.75) is 24.1 Å². The highest BCUT2D eigenvalue weighted by Crippen LogP contribution is 2.22. The Labute approximate surface area is 169 Å². The molecule has 1 aliphatic heterocycles. The summed E-state index contributed by atoms with van der Waals surface area (Å²) in [6.45, 7) is 4.98. The quantitative estimate of drug-likeness (QED) is 0.723. The average Bonchev–Trinajstić information content (AvgIpc) is 3.23. The predicted octanol–water partition coefficient (Wildman–Crippen LogP) is 2.28. The largest absolute Gasteiger partial charge is 0.325 e. The molecule has 1 atom stereocenters. The van der Waals surface area contributed by atoms with Gasteiger partial charge in [-0.25, -0.2) is 8.42 Å². The lowest BCUT2D eigenvalue weighted by atomic mass is 10.1. The van der Waals surface area contributed by atoms with Crippen molar-refractivity contribution in [3.05, 3.63) is 47.3 Å². The maximum Gasteiger partial charge on any atom is 0.252 e. The molecule has 0 radical (unpaired) electrons. The van der Waals surface area contributed by atoms with Crippen molar-refractivity contribution in [2.75, 3.05) is 31.5 Å². The Bertz CT molecular complexity index is 932. The standard InChI is InChI=1S/C19H23N3O4S2/c1-14(19(24)20-17-7-5-16(6-8-17)15(2)23)21-9-11-22(12-10-21)28(25,26)18-4-3-13-27-18/h3-8,13-14H,9-12H2,1-2H3,(H,20,24)/t14-/m1/s1. The number of benzene rings is 1. The van der Waals surface area contributed by atoms with Crippen LogP contribution in [0.5, 0.6) is 0 Å². The third kappa shape index (κ3) is 4.49. The molecule has 7 nitrogen and oxygen atoms in total. The van der Waals surface area contributed by atoms with Gasteiger partial charge in [0.25, 0.3) is 10.0 Å². The molecular weight excluding hydrogens is 398 g/mol. The van der Waals surface area contributed by atoms with Gasteiger partial charge in [0.15, 0.2) is 5.78 Å². The van der Waals surface area contributed by atoms with E-state index in [-0.39, 0.29) is 17.7 Å².